The Morgan fingerprint density at radius 2 is 1.84 bits per heavy atom. The van der Waals surface area contributed by atoms with Crippen molar-refractivity contribution in [2.45, 2.75) is 12.8 Å². The Morgan fingerprint density at radius 1 is 1.11 bits per heavy atom. The molecule has 0 saturated carbocycles. The molecule has 1 aromatic heterocycles. The summed E-state index contributed by atoms with van der Waals surface area (Å²) < 4.78 is 5.36. The van der Waals surface area contributed by atoms with Crippen LogP contribution in [0, 0.1) is 0 Å². The maximum Gasteiger partial charge on any atom is 0.328 e. The number of hydrogen-bond donors (Lipinski definition) is 2. The zero-order chi connectivity index (χ0) is 26.6. The third-order valence-corrected chi connectivity index (χ3v) is 6.01. The Morgan fingerprint density at radius 3 is 2.51 bits per heavy atom. The van der Waals surface area contributed by atoms with Crippen LogP contribution in [0.3, 0.4) is 0 Å². The largest absolute Gasteiger partial charge is 0.491 e. The van der Waals surface area contributed by atoms with Gasteiger partial charge in [0.1, 0.15) is 6.33 Å². The van der Waals surface area contributed by atoms with Gasteiger partial charge in [0.25, 0.3) is 0 Å². The first kappa shape index (κ1) is 27.3. The number of aromatic nitrogens is 2. The lowest BCUT2D eigenvalue weighted by Crippen LogP contribution is -2.32. The molecule has 2 aromatic carbocycles. The van der Waals surface area contributed by atoms with E-state index in [-0.39, 0.29) is 0 Å². The van der Waals surface area contributed by atoms with Crippen LogP contribution in [0.5, 0.6) is 5.75 Å². The molecule has 2 heterocycles. The van der Waals surface area contributed by atoms with Gasteiger partial charge in [0, 0.05) is 45.4 Å². The number of aliphatic carboxylic acids is 2. The van der Waals surface area contributed by atoms with Crippen molar-refractivity contribution in [3.8, 4) is 5.75 Å². The van der Waals surface area contributed by atoms with E-state index >= 15 is 0 Å². The molecule has 0 amide bonds. The topological polar surface area (TPSA) is 116 Å². The van der Waals surface area contributed by atoms with Crippen molar-refractivity contribution < 1.29 is 24.5 Å². The number of fused-ring (bicyclic) bond motifs is 1. The van der Waals surface area contributed by atoms with Crippen LogP contribution in [0.1, 0.15) is 18.4 Å². The molecule has 9 heteroatoms. The fourth-order valence-corrected chi connectivity index (χ4v) is 4.19. The standard InChI is InChI=1S/C24H28N4O.C4H4O4/c1-27(24-23(29-2)17-25-18-26-24)13-6-14-28-15-11-20(12-16-28)22-10-5-8-19-7-3-4-9-21(19)22;5-3(6)1-2-4(7)8/h3-5,7-11,17-18H,6,12-16H2,1-2H3;1-2H,(H,5,6)(H,7,8). The summed E-state index contributed by atoms with van der Waals surface area (Å²) in [5.74, 6) is -0.949. The molecule has 1 aliphatic rings. The van der Waals surface area contributed by atoms with E-state index in [0.29, 0.717) is 12.2 Å². The highest BCUT2D eigenvalue weighted by Gasteiger charge is 2.15. The molecule has 37 heavy (non-hydrogen) atoms. The van der Waals surface area contributed by atoms with E-state index in [4.69, 9.17) is 14.9 Å². The Hall–Kier alpha value is -4.24. The zero-order valence-corrected chi connectivity index (χ0v) is 21.1. The van der Waals surface area contributed by atoms with Crippen molar-refractivity contribution in [2.75, 3.05) is 45.2 Å². The van der Waals surface area contributed by atoms with Crippen LogP contribution in [-0.2, 0) is 9.59 Å². The van der Waals surface area contributed by atoms with Crippen LogP contribution in [0.2, 0.25) is 0 Å². The third-order valence-electron chi connectivity index (χ3n) is 6.01. The average molecular weight is 505 g/mol. The van der Waals surface area contributed by atoms with Crippen molar-refractivity contribution in [1.29, 1.82) is 0 Å². The van der Waals surface area contributed by atoms with E-state index < -0.39 is 11.9 Å². The van der Waals surface area contributed by atoms with Crippen LogP contribution in [0.15, 0.2) is 73.2 Å². The summed E-state index contributed by atoms with van der Waals surface area (Å²) >= 11 is 0. The van der Waals surface area contributed by atoms with Gasteiger partial charge in [0.2, 0.25) is 0 Å². The molecule has 0 bridgehead atoms. The molecule has 0 atom stereocenters. The predicted octanol–water partition coefficient (Wildman–Crippen LogP) is 3.97. The number of nitrogens with zero attached hydrogens (tertiary/aromatic N) is 4. The summed E-state index contributed by atoms with van der Waals surface area (Å²) in [5, 5.41) is 18.3. The van der Waals surface area contributed by atoms with Gasteiger partial charge in [-0.15, -0.1) is 0 Å². The van der Waals surface area contributed by atoms with Gasteiger partial charge in [-0.3, -0.25) is 4.90 Å². The lowest BCUT2D eigenvalue weighted by atomic mass is 9.94. The van der Waals surface area contributed by atoms with E-state index in [1.165, 1.54) is 21.9 Å². The maximum atomic E-state index is 9.55. The lowest BCUT2D eigenvalue weighted by molar-refractivity contribution is -0.134. The van der Waals surface area contributed by atoms with Gasteiger partial charge in [-0.05, 0) is 34.8 Å². The molecule has 3 aromatic rings. The average Bonchev–Trinajstić information content (AvgIpc) is 2.92. The van der Waals surface area contributed by atoms with Crippen molar-refractivity contribution in [3.63, 3.8) is 0 Å². The van der Waals surface area contributed by atoms with E-state index in [2.05, 4.69) is 75.4 Å². The fraction of sp³-hybridized carbons (Fsp3) is 0.286. The smallest absolute Gasteiger partial charge is 0.328 e. The Labute approximate surface area is 216 Å². The molecule has 2 N–H and O–H groups in total. The van der Waals surface area contributed by atoms with E-state index in [1.807, 2.05) is 0 Å². The summed E-state index contributed by atoms with van der Waals surface area (Å²) in [4.78, 5) is 32.2. The van der Waals surface area contributed by atoms with Gasteiger partial charge in [0.15, 0.2) is 11.6 Å². The van der Waals surface area contributed by atoms with Gasteiger partial charge in [-0.25, -0.2) is 19.6 Å². The lowest BCUT2D eigenvalue weighted by Gasteiger charge is -2.28. The molecule has 9 nitrogen and oxygen atoms in total. The van der Waals surface area contributed by atoms with Crippen LogP contribution in [-0.4, -0.2) is 77.4 Å². The van der Waals surface area contributed by atoms with Gasteiger partial charge in [-0.1, -0.05) is 48.5 Å². The summed E-state index contributed by atoms with van der Waals surface area (Å²) in [6, 6.07) is 15.3. The zero-order valence-electron chi connectivity index (χ0n) is 21.1. The van der Waals surface area contributed by atoms with Gasteiger partial charge in [-0.2, -0.15) is 0 Å². The number of rotatable bonds is 9. The summed E-state index contributed by atoms with van der Waals surface area (Å²) in [5.41, 5.74) is 2.86. The molecule has 0 radical (unpaired) electrons. The van der Waals surface area contributed by atoms with Gasteiger partial charge < -0.3 is 19.8 Å². The third kappa shape index (κ3) is 8.15. The maximum absolute atomic E-state index is 9.55. The Balaban J connectivity index is 0.000000414. The summed E-state index contributed by atoms with van der Waals surface area (Å²) in [7, 11) is 3.71. The van der Waals surface area contributed by atoms with Crippen LogP contribution < -0.4 is 9.64 Å². The van der Waals surface area contributed by atoms with Gasteiger partial charge in [0.05, 0.1) is 13.3 Å². The van der Waals surface area contributed by atoms with Crippen molar-refractivity contribution in [2.24, 2.45) is 0 Å². The normalized spacial score (nSPS) is 13.5. The Bertz CT molecular complexity index is 1250. The molecule has 1 aliphatic heterocycles. The van der Waals surface area contributed by atoms with E-state index in [1.54, 1.807) is 19.6 Å². The number of carbonyl (C=O) groups is 2. The fourth-order valence-electron chi connectivity index (χ4n) is 4.19. The SMILES string of the molecule is COc1cncnc1N(C)CCCN1CC=C(c2cccc3ccccc23)CC1.O=C(O)C=CC(=O)O. The molecule has 194 valence electrons. The molecular weight excluding hydrogens is 472 g/mol. The minimum atomic E-state index is -1.26. The molecular formula is C28H32N4O5. The highest BCUT2D eigenvalue weighted by molar-refractivity contribution is 5.94. The molecule has 0 unspecified atom stereocenters. The molecule has 0 saturated heterocycles. The number of ether oxygens (including phenoxy) is 1. The molecule has 4 rings (SSSR count). The van der Waals surface area contributed by atoms with E-state index in [9.17, 15) is 9.59 Å². The minimum Gasteiger partial charge on any atom is -0.491 e. The van der Waals surface area contributed by atoms with Crippen molar-refractivity contribution >= 4 is 34.1 Å². The van der Waals surface area contributed by atoms with Crippen molar-refractivity contribution in [3.05, 3.63) is 78.8 Å². The quantitative estimate of drug-likeness (QED) is 0.418. The van der Waals surface area contributed by atoms with E-state index in [0.717, 1.165) is 50.6 Å². The van der Waals surface area contributed by atoms with Crippen LogP contribution >= 0.6 is 0 Å². The van der Waals surface area contributed by atoms with Crippen LogP contribution in [0.4, 0.5) is 5.82 Å². The number of benzene rings is 2. The Kier molecular flexibility index (Phi) is 10.2. The summed E-state index contributed by atoms with van der Waals surface area (Å²) in [6.45, 7) is 4.13. The highest BCUT2D eigenvalue weighted by atomic mass is 16.5. The molecule has 0 spiro atoms. The van der Waals surface area contributed by atoms with Crippen molar-refractivity contribution in [1.82, 2.24) is 14.9 Å². The second-order valence-corrected chi connectivity index (χ2v) is 8.51. The van der Waals surface area contributed by atoms with Gasteiger partial charge >= 0.3 is 11.9 Å². The minimum absolute atomic E-state index is 0.558. The number of carboxylic acid groups (broad SMARTS) is 2. The second kappa shape index (κ2) is 13.7. The van der Waals surface area contributed by atoms with Crippen LogP contribution in [0.25, 0.3) is 16.3 Å². The first-order valence-electron chi connectivity index (χ1n) is 12.0. The number of carboxylic acids is 2. The first-order chi connectivity index (χ1) is 17.9. The monoisotopic (exact) mass is 504 g/mol. The summed E-state index contributed by atoms with van der Waals surface area (Å²) in [6.07, 6.45) is 8.99. The number of anilines is 1. The second-order valence-electron chi connectivity index (χ2n) is 8.51. The molecule has 0 fully saturated rings. The molecule has 0 aliphatic carbocycles. The highest BCUT2D eigenvalue weighted by Crippen LogP contribution is 2.29. The predicted molar refractivity (Wildman–Crippen MR) is 144 cm³/mol. The number of hydrogen-bond acceptors (Lipinski definition) is 7. The first-order valence-corrected chi connectivity index (χ1v) is 12.0. The number of methoxy groups -OCH3 is 1.